The van der Waals surface area contributed by atoms with Gasteiger partial charge < -0.3 is 20.1 Å². The van der Waals surface area contributed by atoms with Crippen LogP contribution in [0, 0.1) is 6.92 Å². The van der Waals surface area contributed by atoms with E-state index in [4.69, 9.17) is 21.1 Å². The Kier molecular flexibility index (Phi) is 5.71. The Hall–Kier alpha value is -2.40. The Morgan fingerprint density at radius 1 is 1.13 bits per heavy atom. The third-order valence-corrected chi connectivity index (χ3v) is 3.75. The van der Waals surface area contributed by atoms with Gasteiger partial charge in [-0.3, -0.25) is 4.79 Å². The molecule has 122 valence electrons. The minimum atomic E-state index is -0.181. The second kappa shape index (κ2) is 7.74. The Bertz CT molecular complexity index is 682. The SMILES string of the molecule is COc1cc(NC(=O)CNc2cccc(Cl)c2C)cc(OC)c1. The van der Waals surface area contributed by atoms with Crippen molar-refractivity contribution < 1.29 is 14.3 Å². The molecule has 0 saturated carbocycles. The first kappa shape index (κ1) is 17.0. The molecule has 23 heavy (non-hydrogen) atoms. The van der Waals surface area contributed by atoms with Gasteiger partial charge in [-0.2, -0.15) is 0 Å². The molecule has 5 nitrogen and oxygen atoms in total. The summed E-state index contributed by atoms with van der Waals surface area (Å²) in [6.45, 7) is 2.02. The number of rotatable bonds is 6. The van der Waals surface area contributed by atoms with E-state index >= 15 is 0 Å². The third-order valence-electron chi connectivity index (χ3n) is 3.34. The van der Waals surface area contributed by atoms with Crippen molar-refractivity contribution in [1.29, 1.82) is 0 Å². The standard InChI is InChI=1S/C17H19ClN2O3/c1-11-15(18)5-4-6-16(11)19-10-17(21)20-12-7-13(22-2)9-14(8-12)23-3/h4-9,19H,10H2,1-3H3,(H,20,21). The van der Waals surface area contributed by atoms with E-state index in [1.165, 1.54) is 0 Å². The summed E-state index contributed by atoms with van der Waals surface area (Å²) in [5.41, 5.74) is 2.34. The molecule has 2 rings (SSSR count). The lowest BCUT2D eigenvalue weighted by Crippen LogP contribution is -2.22. The van der Waals surface area contributed by atoms with Crippen molar-refractivity contribution in [3.63, 3.8) is 0 Å². The Balaban J connectivity index is 2.01. The van der Waals surface area contributed by atoms with Crippen molar-refractivity contribution in [3.8, 4) is 11.5 Å². The number of nitrogens with one attached hydrogen (secondary N) is 2. The zero-order chi connectivity index (χ0) is 16.8. The van der Waals surface area contributed by atoms with E-state index in [-0.39, 0.29) is 12.5 Å². The minimum Gasteiger partial charge on any atom is -0.497 e. The van der Waals surface area contributed by atoms with Gasteiger partial charge in [-0.15, -0.1) is 0 Å². The van der Waals surface area contributed by atoms with Gasteiger partial charge >= 0.3 is 0 Å². The fourth-order valence-electron chi connectivity index (χ4n) is 2.06. The number of hydrogen-bond acceptors (Lipinski definition) is 4. The fourth-order valence-corrected chi connectivity index (χ4v) is 2.23. The number of methoxy groups -OCH3 is 2. The molecule has 0 aliphatic carbocycles. The molecule has 0 bridgehead atoms. The predicted molar refractivity (Wildman–Crippen MR) is 92.9 cm³/mol. The number of carbonyl (C=O) groups is 1. The summed E-state index contributed by atoms with van der Waals surface area (Å²) >= 11 is 6.06. The molecule has 0 radical (unpaired) electrons. The maximum atomic E-state index is 12.1. The van der Waals surface area contributed by atoms with E-state index in [1.807, 2.05) is 25.1 Å². The van der Waals surface area contributed by atoms with Crippen molar-refractivity contribution in [2.24, 2.45) is 0 Å². The number of ether oxygens (including phenoxy) is 2. The average Bonchev–Trinajstić information content (AvgIpc) is 2.55. The van der Waals surface area contributed by atoms with E-state index in [9.17, 15) is 4.79 Å². The van der Waals surface area contributed by atoms with Gasteiger partial charge in [0.2, 0.25) is 5.91 Å². The fraction of sp³-hybridized carbons (Fsp3) is 0.235. The second-order valence-electron chi connectivity index (χ2n) is 4.92. The second-order valence-corrected chi connectivity index (χ2v) is 5.32. The van der Waals surface area contributed by atoms with Gasteiger partial charge in [-0.1, -0.05) is 17.7 Å². The van der Waals surface area contributed by atoms with E-state index in [0.29, 0.717) is 22.2 Å². The molecular formula is C17H19ClN2O3. The number of benzene rings is 2. The summed E-state index contributed by atoms with van der Waals surface area (Å²) in [6, 6.07) is 10.7. The van der Waals surface area contributed by atoms with Gasteiger partial charge in [0.25, 0.3) is 0 Å². The van der Waals surface area contributed by atoms with Crippen LogP contribution >= 0.6 is 11.6 Å². The molecule has 0 fully saturated rings. The maximum absolute atomic E-state index is 12.1. The van der Waals surface area contributed by atoms with E-state index < -0.39 is 0 Å². The number of hydrogen-bond donors (Lipinski definition) is 2. The molecule has 0 spiro atoms. The zero-order valence-corrected chi connectivity index (χ0v) is 14.0. The molecule has 0 atom stereocenters. The van der Waals surface area contributed by atoms with Gasteiger partial charge in [0.15, 0.2) is 0 Å². The zero-order valence-electron chi connectivity index (χ0n) is 13.3. The van der Waals surface area contributed by atoms with Crippen LogP contribution in [0.1, 0.15) is 5.56 Å². The first-order valence-electron chi connectivity index (χ1n) is 7.05. The van der Waals surface area contributed by atoms with Gasteiger partial charge in [0.05, 0.1) is 20.8 Å². The van der Waals surface area contributed by atoms with Gasteiger partial charge in [0, 0.05) is 34.6 Å². The van der Waals surface area contributed by atoms with Crippen molar-refractivity contribution in [3.05, 3.63) is 47.0 Å². The van der Waals surface area contributed by atoms with Crippen molar-refractivity contribution in [2.75, 3.05) is 31.4 Å². The van der Waals surface area contributed by atoms with Crippen LogP contribution in [0.4, 0.5) is 11.4 Å². The van der Waals surface area contributed by atoms with Crippen LogP contribution in [0.25, 0.3) is 0 Å². The minimum absolute atomic E-state index is 0.126. The van der Waals surface area contributed by atoms with Gasteiger partial charge in [-0.05, 0) is 24.6 Å². The first-order chi connectivity index (χ1) is 11.0. The first-order valence-corrected chi connectivity index (χ1v) is 7.43. The normalized spacial score (nSPS) is 10.1. The summed E-state index contributed by atoms with van der Waals surface area (Å²) in [4.78, 5) is 12.1. The molecule has 0 saturated heterocycles. The van der Waals surface area contributed by atoms with Crippen LogP contribution in [-0.2, 0) is 4.79 Å². The number of carbonyl (C=O) groups excluding carboxylic acids is 1. The highest BCUT2D eigenvalue weighted by Gasteiger charge is 2.08. The van der Waals surface area contributed by atoms with Gasteiger partial charge in [-0.25, -0.2) is 0 Å². The molecule has 0 aliphatic heterocycles. The summed E-state index contributed by atoms with van der Waals surface area (Å²) < 4.78 is 10.4. The smallest absolute Gasteiger partial charge is 0.243 e. The van der Waals surface area contributed by atoms with Crippen LogP contribution in [0.15, 0.2) is 36.4 Å². The average molecular weight is 335 g/mol. The lowest BCUT2D eigenvalue weighted by molar-refractivity contribution is -0.114. The quantitative estimate of drug-likeness (QED) is 0.845. The van der Waals surface area contributed by atoms with Crippen LogP contribution in [-0.4, -0.2) is 26.7 Å². The third kappa shape index (κ3) is 4.53. The van der Waals surface area contributed by atoms with Crippen LogP contribution < -0.4 is 20.1 Å². The molecule has 0 aliphatic rings. The van der Waals surface area contributed by atoms with Crippen molar-refractivity contribution in [2.45, 2.75) is 6.92 Å². The lowest BCUT2D eigenvalue weighted by atomic mass is 10.2. The summed E-state index contributed by atoms with van der Waals surface area (Å²) in [6.07, 6.45) is 0. The molecule has 0 aromatic heterocycles. The number of amides is 1. The largest absolute Gasteiger partial charge is 0.497 e. The molecule has 0 heterocycles. The highest BCUT2D eigenvalue weighted by molar-refractivity contribution is 6.31. The molecule has 0 unspecified atom stereocenters. The maximum Gasteiger partial charge on any atom is 0.243 e. The Morgan fingerprint density at radius 3 is 2.39 bits per heavy atom. The van der Waals surface area contributed by atoms with E-state index in [0.717, 1.165) is 11.3 Å². The molecular weight excluding hydrogens is 316 g/mol. The number of halogens is 1. The summed E-state index contributed by atoms with van der Waals surface area (Å²) in [5.74, 6) is 1.04. The molecule has 6 heteroatoms. The van der Waals surface area contributed by atoms with E-state index in [1.54, 1.807) is 32.4 Å². The monoisotopic (exact) mass is 334 g/mol. The van der Waals surface area contributed by atoms with Crippen LogP contribution in [0.5, 0.6) is 11.5 Å². The Labute approximate surface area is 140 Å². The van der Waals surface area contributed by atoms with Gasteiger partial charge in [0.1, 0.15) is 11.5 Å². The highest BCUT2D eigenvalue weighted by atomic mass is 35.5. The van der Waals surface area contributed by atoms with Crippen molar-refractivity contribution >= 4 is 28.9 Å². The van der Waals surface area contributed by atoms with Crippen molar-refractivity contribution in [1.82, 2.24) is 0 Å². The number of anilines is 2. The molecule has 1 amide bonds. The summed E-state index contributed by atoms with van der Waals surface area (Å²) in [5, 5.41) is 6.53. The van der Waals surface area contributed by atoms with E-state index in [2.05, 4.69) is 10.6 Å². The molecule has 2 aromatic rings. The lowest BCUT2D eigenvalue weighted by Gasteiger charge is -2.12. The predicted octanol–water partition coefficient (Wildman–Crippen LogP) is 3.72. The summed E-state index contributed by atoms with van der Waals surface area (Å²) in [7, 11) is 3.12. The topological polar surface area (TPSA) is 59.6 Å². The van der Waals surface area contributed by atoms with Crippen LogP contribution in [0.2, 0.25) is 5.02 Å². The highest BCUT2D eigenvalue weighted by Crippen LogP contribution is 2.26. The molecule has 2 aromatic carbocycles. The Morgan fingerprint density at radius 2 is 1.78 bits per heavy atom. The van der Waals surface area contributed by atoms with Crippen LogP contribution in [0.3, 0.4) is 0 Å². The molecule has 2 N–H and O–H groups in total.